The predicted molar refractivity (Wildman–Crippen MR) is 95.0 cm³/mol. The van der Waals surface area contributed by atoms with Gasteiger partial charge in [0.2, 0.25) is 0 Å². The maximum absolute atomic E-state index is 3.79. The number of anilines is 1. The number of hydrogen-bond acceptors (Lipinski definition) is 2. The van der Waals surface area contributed by atoms with Crippen LogP contribution in [-0.2, 0) is 6.42 Å². The summed E-state index contributed by atoms with van der Waals surface area (Å²) in [5, 5.41) is 8.95. The number of H-pyrrole nitrogens is 1. The first-order valence-electron chi connectivity index (χ1n) is 8.52. The molecule has 23 heavy (non-hydrogen) atoms. The van der Waals surface area contributed by atoms with E-state index in [0.717, 1.165) is 13.0 Å². The highest BCUT2D eigenvalue weighted by Crippen LogP contribution is 2.40. The second kappa shape index (κ2) is 5.14. The summed E-state index contributed by atoms with van der Waals surface area (Å²) in [6.45, 7) is 1.03. The fourth-order valence-corrected chi connectivity index (χ4v) is 4.42. The number of aromatic nitrogens is 1. The molecule has 116 valence electrons. The van der Waals surface area contributed by atoms with Crippen molar-refractivity contribution in [2.24, 2.45) is 0 Å². The zero-order chi connectivity index (χ0) is 15.2. The quantitative estimate of drug-likeness (QED) is 0.676. The van der Waals surface area contributed by atoms with Gasteiger partial charge in [0.05, 0.1) is 0 Å². The van der Waals surface area contributed by atoms with Crippen LogP contribution in [0.1, 0.15) is 23.5 Å². The summed E-state index contributed by atoms with van der Waals surface area (Å²) in [7, 11) is 0. The molecule has 0 radical (unpaired) electrons. The Morgan fingerprint density at radius 2 is 1.91 bits per heavy atom. The van der Waals surface area contributed by atoms with Crippen LogP contribution in [-0.4, -0.2) is 23.6 Å². The lowest BCUT2D eigenvalue weighted by Gasteiger charge is -2.40. The maximum atomic E-state index is 3.79. The lowest BCUT2D eigenvalue weighted by molar-refractivity contribution is 0.326. The number of rotatable bonds is 2. The van der Waals surface area contributed by atoms with Crippen LogP contribution in [0.15, 0.2) is 54.7 Å². The summed E-state index contributed by atoms with van der Waals surface area (Å²) >= 11 is 0. The van der Waals surface area contributed by atoms with E-state index in [2.05, 4.69) is 70.3 Å². The van der Waals surface area contributed by atoms with Gasteiger partial charge in [0.1, 0.15) is 0 Å². The zero-order valence-electron chi connectivity index (χ0n) is 13.0. The second-order valence-electron chi connectivity index (χ2n) is 6.85. The van der Waals surface area contributed by atoms with Gasteiger partial charge in [-0.2, -0.15) is 0 Å². The van der Waals surface area contributed by atoms with Crippen molar-refractivity contribution in [1.29, 1.82) is 0 Å². The van der Waals surface area contributed by atoms with Gasteiger partial charge >= 0.3 is 0 Å². The van der Waals surface area contributed by atoms with Gasteiger partial charge in [-0.05, 0) is 42.2 Å². The van der Waals surface area contributed by atoms with Crippen molar-refractivity contribution in [2.75, 3.05) is 11.9 Å². The number of hydrogen-bond donors (Lipinski definition) is 3. The fraction of sp³-hybridized carbons (Fsp3) is 0.300. The Morgan fingerprint density at radius 3 is 2.83 bits per heavy atom. The molecule has 0 saturated carbocycles. The zero-order valence-corrected chi connectivity index (χ0v) is 13.0. The van der Waals surface area contributed by atoms with Gasteiger partial charge in [-0.1, -0.05) is 30.3 Å². The number of para-hydroxylation sites is 1. The molecule has 0 amide bonds. The Balaban J connectivity index is 1.46. The van der Waals surface area contributed by atoms with Gasteiger partial charge < -0.3 is 15.6 Å². The average molecular weight is 303 g/mol. The van der Waals surface area contributed by atoms with E-state index in [1.54, 1.807) is 0 Å². The van der Waals surface area contributed by atoms with Crippen molar-refractivity contribution >= 4 is 16.6 Å². The molecule has 1 aliphatic carbocycles. The van der Waals surface area contributed by atoms with Crippen LogP contribution in [0.2, 0.25) is 0 Å². The standard InChI is InChI=1S/C20H21N3/c1-2-5-14(6-3-1)23-15-10-17-16-7-4-8-18-20(16)13(11-21-18)9-19(17)22-12-15/h1-8,11,15,17,19,21-23H,9-10,12H2/t15?,17-,19-/m1/s1. The molecule has 0 bridgehead atoms. The number of piperidine rings is 1. The molecule has 1 saturated heterocycles. The summed E-state index contributed by atoms with van der Waals surface area (Å²) in [5.74, 6) is 0.594. The van der Waals surface area contributed by atoms with Gasteiger partial charge in [-0.25, -0.2) is 0 Å². The number of fused-ring (bicyclic) bond motifs is 2. The molecule has 1 fully saturated rings. The van der Waals surface area contributed by atoms with Gasteiger partial charge in [0, 0.05) is 47.3 Å². The SMILES string of the molecule is c1ccc(NC2CN[C@@H]3Cc4c[nH]c5cccc(c45)[C@H]3C2)cc1. The van der Waals surface area contributed by atoms with E-state index >= 15 is 0 Å². The fourth-order valence-electron chi connectivity index (χ4n) is 4.42. The molecule has 3 nitrogen and oxygen atoms in total. The molecule has 3 aromatic rings. The van der Waals surface area contributed by atoms with E-state index in [0.29, 0.717) is 18.0 Å². The predicted octanol–water partition coefficient (Wildman–Crippen LogP) is 3.65. The molecule has 2 heterocycles. The summed E-state index contributed by atoms with van der Waals surface area (Å²) in [5.41, 5.74) is 5.49. The molecule has 3 atom stereocenters. The molecule has 3 N–H and O–H groups in total. The topological polar surface area (TPSA) is 39.8 Å². The third kappa shape index (κ3) is 2.15. The minimum Gasteiger partial charge on any atom is -0.381 e. The Morgan fingerprint density at radius 1 is 1.00 bits per heavy atom. The molecule has 1 aromatic heterocycles. The van der Waals surface area contributed by atoms with Crippen molar-refractivity contribution in [1.82, 2.24) is 10.3 Å². The van der Waals surface area contributed by atoms with Crippen LogP contribution in [0.3, 0.4) is 0 Å². The lowest BCUT2D eigenvalue weighted by Crippen LogP contribution is -2.51. The minimum atomic E-state index is 0.481. The molecule has 0 spiro atoms. The number of aromatic amines is 1. The highest BCUT2D eigenvalue weighted by molar-refractivity contribution is 5.88. The highest BCUT2D eigenvalue weighted by atomic mass is 15.0. The summed E-state index contributed by atoms with van der Waals surface area (Å²) in [4.78, 5) is 3.44. The van der Waals surface area contributed by atoms with Crippen molar-refractivity contribution in [3.63, 3.8) is 0 Å². The smallest absolute Gasteiger partial charge is 0.0459 e. The first-order valence-corrected chi connectivity index (χ1v) is 8.52. The van der Waals surface area contributed by atoms with Crippen LogP contribution < -0.4 is 10.6 Å². The molecule has 2 aromatic carbocycles. The van der Waals surface area contributed by atoms with Crippen LogP contribution in [0.4, 0.5) is 5.69 Å². The van der Waals surface area contributed by atoms with E-state index in [-0.39, 0.29) is 0 Å². The Kier molecular flexibility index (Phi) is 2.95. The third-order valence-corrected chi connectivity index (χ3v) is 5.45. The van der Waals surface area contributed by atoms with Crippen LogP contribution in [0, 0.1) is 0 Å². The first kappa shape index (κ1) is 13.2. The number of benzene rings is 2. The van der Waals surface area contributed by atoms with Gasteiger partial charge in [-0.3, -0.25) is 0 Å². The Hall–Kier alpha value is -2.26. The van der Waals surface area contributed by atoms with Gasteiger partial charge in [0.25, 0.3) is 0 Å². The molecule has 2 aliphatic rings. The van der Waals surface area contributed by atoms with E-state index in [9.17, 15) is 0 Å². The van der Waals surface area contributed by atoms with Crippen molar-refractivity contribution in [3.05, 3.63) is 65.9 Å². The van der Waals surface area contributed by atoms with Crippen molar-refractivity contribution < 1.29 is 0 Å². The first-order chi connectivity index (χ1) is 11.4. The van der Waals surface area contributed by atoms with E-state index in [1.165, 1.54) is 34.1 Å². The summed E-state index contributed by atoms with van der Waals surface area (Å²) in [6.07, 6.45) is 4.52. The molecule has 1 aliphatic heterocycles. The van der Waals surface area contributed by atoms with E-state index in [4.69, 9.17) is 0 Å². The molecular weight excluding hydrogens is 282 g/mol. The Bertz CT molecular complexity index is 836. The molecule has 5 rings (SSSR count). The van der Waals surface area contributed by atoms with Crippen molar-refractivity contribution in [3.8, 4) is 0 Å². The molecule has 3 heteroatoms. The van der Waals surface area contributed by atoms with Crippen LogP contribution in [0.5, 0.6) is 0 Å². The summed E-state index contributed by atoms with van der Waals surface area (Å²) < 4.78 is 0. The highest BCUT2D eigenvalue weighted by Gasteiger charge is 2.36. The molecular formula is C20H21N3. The van der Waals surface area contributed by atoms with E-state index < -0.39 is 0 Å². The van der Waals surface area contributed by atoms with Crippen LogP contribution >= 0.6 is 0 Å². The summed E-state index contributed by atoms with van der Waals surface area (Å²) in [6, 6.07) is 18.3. The van der Waals surface area contributed by atoms with Crippen molar-refractivity contribution in [2.45, 2.75) is 30.8 Å². The van der Waals surface area contributed by atoms with Gasteiger partial charge in [0.15, 0.2) is 0 Å². The monoisotopic (exact) mass is 303 g/mol. The number of nitrogens with one attached hydrogen (secondary N) is 3. The second-order valence-corrected chi connectivity index (χ2v) is 6.85. The van der Waals surface area contributed by atoms with E-state index in [1.807, 2.05) is 0 Å². The normalized spacial score (nSPS) is 26.0. The molecule has 1 unspecified atom stereocenters. The lowest BCUT2D eigenvalue weighted by atomic mass is 9.75. The largest absolute Gasteiger partial charge is 0.381 e. The Labute approximate surface area is 136 Å². The maximum Gasteiger partial charge on any atom is 0.0459 e. The minimum absolute atomic E-state index is 0.481. The average Bonchev–Trinajstić information content (AvgIpc) is 3.01. The third-order valence-electron chi connectivity index (χ3n) is 5.45. The van der Waals surface area contributed by atoms with Gasteiger partial charge in [-0.15, -0.1) is 0 Å². The van der Waals surface area contributed by atoms with Crippen LogP contribution in [0.25, 0.3) is 10.9 Å².